The lowest BCUT2D eigenvalue weighted by Crippen LogP contribution is -2.10. The fourth-order valence-electron chi connectivity index (χ4n) is 1.90. The molecule has 0 N–H and O–H groups in total. The Morgan fingerprint density at radius 3 is 2.94 bits per heavy atom. The lowest BCUT2D eigenvalue weighted by molar-refractivity contribution is 0.0729. The minimum Gasteiger partial charge on any atom is -0.421 e. The quantitative estimate of drug-likeness (QED) is 0.529. The highest BCUT2D eigenvalue weighted by atomic mass is 35.5. The Morgan fingerprint density at radius 2 is 2.06 bits per heavy atom. The van der Waals surface area contributed by atoms with Crippen molar-refractivity contribution in [3.8, 4) is 5.75 Å². The number of esters is 1. The number of rotatable bonds is 0. The summed E-state index contributed by atoms with van der Waals surface area (Å²) in [4.78, 5) is 15.9. The summed E-state index contributed by atoms with van der Waals surface area (Å²) in [6.45, 7) is 0. The molecule has 17 heavy (non-hydrogen) atoms. The van der Waals surface area contributed by atoms with Gasteiger partial charge < -0.3 is 4.74 Å². The summed E-state index contributed by atoms with van der Waals surface area (Å²) in [6.07, 6.45) is 2.06. The minimum atomic E-state index is -0.429. The van der Waals surface area contributed by atoms with Crippen molar-refractivity contribution in [2.75, 3.05) is 0 Å². The van der Waals surface area contributed by atoms with Crippen LogP contribution in [0.2, 0.25) is 5.02 Å². The van der Waals surface area contributed by atoms with Crippen LogP contribution in [0.15, 0.2) is 36.5 Å². The topological polar surface area (TPSA) is 39.2 Å². The van der Waals surface area contributed by atoms with Gasteiger partial charge in [-0.05, 0) is 23.3 Å². The molecule has 0 saturated carbocycles. The van der Waals surface area contributed by atoms with E-state index >= 15 is 0 Å². The fraction of sp³-hybridized carbons (Fsp3) is 0.0769. The number of para-hydroxylation sites is 1. The normalized spacial score (nSPS) is 13.4. The Balaban J connectivity index is 2.18. The first-order chi connectivity index (χ1) is 8.24. The summed E-state index contributed by atoms with van der Waals surface area (Å²) >= 11 is 5.89. The zero-order chi connectivity index (χ0) is 11.8. The Kier molecular flexibility index (Phi) is 2.34. The van der Waals surface area contributed by atoms with Crippen molar-refractivity contribution in [3.05, 3.63) is 58.4 Å². The van der Waals surface area contributed by atoms with Crippen LogP contribution in [-0.4, -0.2) is 11.0 Å². The summed E-state index contributed by atoms with van der Waals surface area (Å²) < 4.78 is 5.28. The lowest BCUT2D eigenvalue weighted by atomic mass is 10.0. The van der Waals surface area contributed by atoms with Gasteiger partial charge in [-0.3, -0.25) is 0 Å². The molecule has 2 heterocycles. The Hall–Kier alpha value is -1.87. The predicted octanol–water partition coefficient (Wildman–Crippen LogP) is 2.86. The van der Waals surface area contributed by atoms with E-state index in [9.17, 15) is 4.79 Å². The molecule has 3 nitrogen and oxygen atoms in total. The van der Waals surface area contributed by atoms with Gasteiger partial charge in [0.2, 0.25) is 0 Å². The van der Waals surface area contributed by atoms with Crippen molar-refractivity contribution >= 4 is 17.6 Å². The Morgan fingerprint density at radius 1 is 1.24 bits per heavy atom. The molecule has 0 bridgehead atoms. The molecule has 0 saturated heterocycles. The third-order valence-electron chi connectivity index (χ3n) is 2.68. The van der Waals surface area contributed by atoms with Crippen LogP contribution in [0.1, 0.15) is 21.6 Å². The van der Waals surface area contributed by atoms with Crippen LogP contribution in [0.25, 0.3) is 0 Å². The summed E-state index contributed by atoms with van der Waals surface area (Å²) in [5.74, 6) is 0.160. The summed E-state index contributed by atoms with van der Waals surface area (Å²) in [6, 6.07) is 9.21. The molecule has 0 aliphatic carbocycles. The van der Waals surface area contributed by atoms with Crippen LogP contribution in [-0.2, 0) is 6.42 Å². The van der Waals surface area contributed by atoms with Crippen LogP contribution in [0.3, 0.4) is 0 Å². The van der Waals surface area contributed by atoms with Crippen LogP contribution < -0.4 is 4.74 Å². The maximum Gasteiger partial charge on any atom is 0.362 e. The first-order valence-electron chi connectivity index (χ1n) is 5.18. The van der Waals surface area contributed by atoms with Gasteiger partial charge in [0.05, 0.1) is 5.02 Å². The van der Waals surface area contributed by atoms with Gasteiger partial charge in [-0.25, -0.2) is 9.78 Å². The van der Waals surface area contributed by atoms with Crippen LogP contribution in [0.4, 0.5) is 0 Å². The number of aromatic nitrogens is 1. The van der Waals surface area contributed by atoms with Gasteiger partial charge in [-0.1, -0.05) is 29.8 Å². The molecule has 1 aromatic heterocycles. The van der Waals surface area contributed by atoms with E-state index in [4.69, 9.17) is 16.3 Å². The maximum atomic E-state index is 11.9. The fourth-order valence-corrected chi connectivity index (χ4v) is 2.08. The van der Waals surface area contributed by atoms with E-state index in [0.29, 0.717) is 22.9 Å². The van der Waals surface area contributed by atoms with E-state index in [2.05, 4.69) is 4.98 Å². The van der Waals surface area contributed by atoms with Crippen LogP contribution in [0.5, 0.6) is 5.75 Å². The molecule has 0 atom stereocenters. The number of ether oxygens (including phenoxy) is 1. The molecule has 1 aliphatic heterocycles. The number of benzene rings is 1. The molecule has 2 aromatic rings. The number of carbonyl (C=O) groups excluding carboxylic acids is 1. The average molecular weight is 246 g/mol. The van der Waals surface area contributed by atoms with E-state index in [1.54, 1.807) is 12.1 Å². The lowest BCUT2D eigenvalue weighted by Gasteiger charge is -2.03. The zero-order valence-electron chi connectivity index (χ0n) is 8.81. The summed E-state index contributed by atoms with van der Waals surface area (Å²) in [5.41, 5.74) is 2.10. The van der Waals surface area contributed by atoms with E-state index in [0.717, 1.165) is 11.1 Å². The molecule has 0 spiro atoms. The van der Waals surface area contributed by atoms with Crippen molar-refractivity contribution in [1.82, 2.24) is 4.98 Å². The van der Waals surface area contributed by atoms with Crippen molar-refractivity contribution in [3.63, 3.8) is 0 Å². The molecule has 1 aliphatic rings. The highest BCUT2D eigenvalue weighted by Gasteiger charge is 2.22. The third-order valence-corrected chi connectivity index (χ3v) is 2.89. The Bertz CT molecular complexity index is 610. The molecule has 0 unspecified atom stereocenters. The highest BCUT2D eigenvalue weighted by molar-refractivity contribution is 6.30. The van der Waals surface area contributed by atoms with Gasteiger partial charge in [0.15, 0.2) is 5.69 Å². The number of hydrogen-bond acceptors (Lipinski definition) is 3. The molecular formula is C13H8ClNO2. The van der Waals surface area contributed by atoms with Crippen LogP contribution in [0, 0.1) is 0 Å². The molecule has 3 rings (SSSR count). The number of pyridine rings is 1. The molecule has 0 fully saturated rings. The van der Waals surface area contributed by atoms with Crippen molar-refractivity contribution in [1.29, 1.82) is 0 Å². The van der Waals surface area contributed by atoms with E-state index in [1.807, 2.05) is 18.2 Å². The maximum absolute atomic E-state index is 11.9. The van der Waals surface area contributed by atoms with Crippen LogP contribution >= 0.6 is 11.6 Å². The number of fused-ring (bicyclic) bond motifs is 2. The van der Waals surface area contributed by atoms with Crippen molar-refractivity contribution in [2.24, 2.45) is 0 Å². The molecule has 1 aromatic carbocycles. The second-order valence-corrected chi connectivity index (χ2v) is 4.27. The van der Waals surface area contributed by atoms with Gasteiger partial charge >= 0.3 is 5.97 Å². The van der Waals surface area contributed by atoms with Gasteiger partial charge in [-0.2, -0.15) is 0 Å². The number of carbonyl (C=O) groups is 1. The number of hydrogen-bond donors (Lipinski definition) is 0. The van der Waals surface area contributed by atoms with Gasteiger partial charge in [0.1, 0.15) is 5.75 Å². The minimum absolute atomic E-state index is 0.339. The molecule has 0 amide bonds. The summed E-state index contributed by atoms with van der Waals surface area (Å²) in [5, 5.41) is 0.524. The van der Waals surface area contributed by atoms with E-state index < -0.39 is 5.97 Å². The first-order valence-corrected chi connectivity index (χ1v) is 5.56. The van der Waals surface area contributed by atoms with E-state index in [-0.39, 0.29) is 0 Å². The van der Waals surface area contributed by atoms with E-state index in [1.165, 1.54) is 6.20 Å². The standard InChI is InChI=1S/C13H8ClNO2/c14-10-6-9-5-8-3-1-2-4-11(8)17-13(16)12(9)15-7-10/h1-4,6-7H,5H2. The van der Waals surface area contributed by atoms with Gasteiger partial charge in [0.25, 0.3) is 0 Å². The SMILES string of the molecule is O=C1Oc2ccccc2Cc2cc(Cl)cnc21. The number of halogens is 1. The second-order valence-electron chi connectivity index (χ2n) is 3.84. The molecule has 84 valence electrons. The molecular weight excluding hydrogens is 238 g/mol. The highest BCUT2D eigenvalue weighted by Crippen LogP contribution is 2.28. The monoisotopic (exact) mass is 245 g/mol. The Labute approximate surface area is 103 Å². The predicted molar refractivity (Wildman–Crippen MR) is 63.5 cm³/mol. The first kappa shape index (κ1) is 10.3. The van der Waals surface area contributed by atoms with Crippen molar-refractivity contribution < 1.29 is 9.53 Å². The smallest absolute Gasteiger partial charge is 0.362 e. The van der Waals surface area contributed by atoms with Gasteiger partial charge in [0, 0.05) is 12.6 Å². The van der Waals surface area contributed by atoms with Crippen molar-refractivity contribution in [2.45, 2.75) is 6.42 Å². The zero-order valence-corrected chi connectivity index (χ0v) is 9.57. The summed E-state index contributed by atoms with van der Waals surface area (Å²) in [7, 11) is 0. The molecule has 4 heteroatoms. The average Bonchev–Trinajstić information content (AvgIpc) is 2.44. The largest absolute Gasteiger partial charge is 0.421 e. The third kappa shape index (κ3) is 1.78. The van der Waals surface area contributed by atoms with Gasteiger partial charge in [-0.15, -0.1) is 0 Å². The number of nitrogens with zero attached hydrogens (tertiary/aromatic N) is 1. The molecule has 0 radical (unpaired) electrons. The second kappa shape index (κ2) is 3.86.